The maximum absolute atomic E-state index is 12.4. The lowest BCUT2D eigenvalue weighted by atomic mass is 10.2. The SMILES string of the molecule is Cc1cc(N)ccc1S(=O)(=O)Nc1cc(Br)ccc1Cl. The fraction of sp³-hybridized carbons (Fsp3) is 0.0769. The van der Waals surface area contributed by atoms with E-state index in [2.05, 4.69) is 20.7 Å². The number of rotatable bonds is 3. The van der Waals surface area contributed by atoms with Crippen molar-refractivity contribution in [3.8, 4) is 0 Å². The Morgan fingerprint density at radius 2 is 1.90 bits per heavy atom. The molecule has 2 rings (SSSR count). The van der Waals surface area contributed by atoms with Crippen LogP contribution in [0.2, 0.25) is 5.02 Å². The van der Waals surface area contributed by atoms with Crippen LogP contribution in [0.3, 0.4) is 0 Å². The average molecular weight is 376 g/mol. The molecule has 0 saturated heterocycles. The van der Waals surface area contributed by atoms with E-state index >= 15 is 0 Å². The molecule has 0 fully saturated rings. The monoisotopic (exact) mass is 374 g/mol. The topological polar surface area (TPSA) is 72.2 Å². The fourth-order valence-electron chi connectivity index (χ4n) is 1.75. The molecule has 0 spiro atoms. The van der Waals surface area contributed by atoms with Crippen LogP contribution in [0.15, 0.2) is 45.8 Å². The number of hydrogen-bond acceptors (Lipinski definition) is 3. The summed E-state index contributed by atoms with van der Waals surface area (Å²) in [6.45, 7) is 1.69. The molecule has 0 atom stereocenters. The minimum absolute atomic E-state index is 0.169. The van der Waals surface area contributed by atoms with E-state index < -0.39 is 10.0 Å². The molecule has 20 heavy (non-hydrogen) atoms. The third kappa shape index (κ3) is 3.26. The summed E-state index contributed by atoms with van der Waals surface area (Å²) >= 11 is 9.26. The molecule has 0 bridgehead atoms. The smallest absolute Gasteiger partial charge is 0.262 e. The molecule has 0 aliphatic carbocycles. The third-order valence-corrected chi connectivity index (χ3v) is 5.01. The van der Waals surface area contributed by atoms with Gasteiger partial charge in [-0.1, -0.05) is 27.5 Å². The van der Waals surface area contributed by atoms with Gasteiger partial charge in [-0.3, -0.25) is 4.72 Å². The van der Waals surface area contributed by atoms with Crippen molar-refractivity contribution >= 4 is 48.9 Å². The van der Waals surface area contributed by atoms with Gasteiger partial charge in [0.25, 0.3) is 10.0 Å². The van der Waals surface area contributed by atoms with Crippen LogP contribution in [-0.4, -0.2) is 8.42 Å². The predicted molar refractivity (Wildman–Crippen MR) is 85.6 cm³/mol. The summed E-state index contributed by atoms with van der Waals surface area (Å²) in [4.78, 5) is 0.169. The van der Waals surface area contributed by atoms with Crippen molar-refractivity contribution in [1.82, 2.24) is 0 Å². The van der Waals surface area contributed by atoms with Gasteiger partial charge >= 0.3 is 0 Å². The molecule has 0 saturated carbocycles. The molecular weight excluding hydrogens is 364 g/mol. The fourth-order valence-corrected chi connectivity index (χ4v) is 3.63. The lowest BCUT2D eigenvalue weighted by molar-refractivity contribution is 0.600. The van der Waals surface area contributed by atoms with Crippen LogP contribution < -0.4 is 10.5 Å². The quantitative estimate of drug-likeness (QED) is 0.802. The third-order valence-electron chi connectivity index (χ3n) is 2.66. The molecular formula is C13H12BrClN2O2S. The summed E-state index contributed by atoms with van der Waals surface area (Å²) in [5.41, 5.74) is 7.03. The van der Waals surface area contributed by atoms with Gasteiger partial charge in [-0.05, 0) is 48.9 Å². The van der Waals surface area contributed by atoms with E-state index in [4.69, 9.17) is 17.3 Å². The second kappa shape index (κ2) is 5.63. The molecule has 0 aliphatic rings. The zero-order chi connectivity index (χ0) is 14.9. The number of benzene rings is 2. The maximum atomic E-state index is 12.4. The van der Waals surface area contributed by atoms with E-state index in [1.54, 1.807) is 37.3 Å². The number of halogens is 2. The standard InChI is InChI=1S/C13H12BrClN2O2S/c1-8-6-10(16)3-5-13(8)20(18,19)17-12-7-9(14)2-4-11(12)15/h2-7,17H,16H2,1H3. The van der Waals surface area contributed by atoms with Crippen molar-refractivity contribution in [3.63, 3.8) is 0 Å². The Hall–Kier alpha value is -1.24. The number of nitrogens with two attached hydrogens (primary N) is 1. The molecule has 106 valence electrons. The molecule has 0 heterocycles. The molecule has 3 N–H and O–H groups in total. The van der Waals surface area contributed by atoms with Crippen LogP contribution in [-0.2, 0) is 10.0 Å². The molecule has 7 heteroatoms. The molecule has 2 aromatic rings. The Morgan fingerprint density at radius 3 is 2.55 bits per heavy atom. The minimum Gasteiger partial charge on any atom is -0.399 e. The van der Waals surface area contributed by atoms with Crippen LogP contribution in [0.1, 0.15) is 5.56 Å². The van der Waals surface area contributed by atoms with Gasteiger partial charge in [0.2, 0.25) is 0 Å². The highest BCUT2D eigenvalue weighted by Crippen LogP contribution is 2.28. The van der Waals surface area contributed by atoms with Crippen molar-refractivity contribution in [2.24, 2.45) is 0 Å². The highest BCUT2D eigenvalue weighted by Gasteiger charge is 2.18. The Kier molecular flexibility index (Phi) is 4.27. The van der Waals surface area contributed by atoms with Gasteiger partial charge in [0, 0.05) is 10.2 Å². The zero-order valence-electron chi connectivity index (χ0n) is 10.5. The summed E-state index contributed by atoms with van der Waals surface area (Å²) in [7, 11) is -3.71. The molecule has 0 radical (unpaired) electrons. The van der Waals surface area contributed by atoms with E-state index in [1.807, 2.05) is 0 Å². The van der Waals surface area contributed by atoms with Crippen LogP contribution in [0.5, 0.6) is 0 Å². The van der Waals surface area contributed by atoms with Gasteiger partial charge in [0.15, 0.2) is 0 Å². The number of aryl methyl sites for hydroxylation is 1. The molecule has 0 amide bonds. The number of nitrogens with one attached hydrogen (secondary N) is 1. The van der Waals surface area contributed by atoms with Gasteiger partial charge in [0.1, 0.15) is 0 Å². The van der Waals surface area contributed by atoms with Gasteiger partial charge < -0.3 is 5.73 Å². The summed E-state index contributed by atoms with van der Waals surface area (Å²) < 4.78 is 27.9. The van der Waals surface area contributed by atoms with E-state index in [0.717, 1.165) is 4.47 Å². The van der Waals surface area contributed by atoms with Crippen molar-refractivity contribution in [1.29, 1.82) is 0 Å². The van der Waals surface area contributed by atoms with E-state index in [1.165, 1.54) is 6.07 Å². The highest BCUT2D eigenvalue weighted by atomic mass is 79.9. The normalized spacial score (nSPS) is 11.3. The van der Waals surface area contributed by atoms with Gasteiger partial charge in [0.05, 0.1) is 15.6 Å². The molecule has 2 aromatic carbocycles. The molecule has 0 unspecified atom stereocenters. The number of anilines is 2. The van der Waals surface area contributed by atoms with Gasteiger partial charge in [-0.25, -0.2) is 8.42 Å². The van der Waals surface area contributed by atoms with E-state index in [-0.39, 0.29) is 4.90 Å². The number of sulfonamides is 1. The second-order valence-electron chi connectivity index (χ2n) is 4.25. The summed E-state index contributed by atoms with van der Waals surface area (Å²) in [6.07, 6.45) is 0. The van der Waals surface area contributed by atoms with Gasteiger partial charge in [-0.2, -0.15) is 0 Å². The summed E-state index contributed by atoms with van der Waals surface area (Å²) in [5, 5.41) is 0.324. The van der Waals surface area contributed by atoms with Crippen molar-refractivity contribution in [3.05, 3.63) is 51.5 Å². The number of nitrogen functional groups attached to an aromatic ring is 1. The lowest BCUT2D eigenvalue weighted by Gasteiger charge is -2.12. The number of hydrogen-bond donors (Lipinski definition) is 2. The Bertz CT molecular complexity index is 763. The average Bonchev–Trinajstić information content (AvgIpc) is 2.33. The van der Waals surface area contributed by atoms with Crippen LogP contribution >= 0.6 is 27.5 Å². The summed E-state index contributed by atoms with van der Waals surface area (Å²) in [6, 6.07) is 9.57. The molecule has 0 aromatic heterocycles. The predicted octanol–water partition coefficient (Wildman–Crippen LogP) is 3.79. The van der Waals surface area contributed by atoms with Crippen LogP contribution in [0.4, 0.5) is 11.4 Å². The zero-order valence-corrected chi connectivity index (χ0v) is 13.7. The van der Waals surface area contributed by atoms with Crippen LogP contribution in [0.25, 0.3) is 0 Å². The van der Waals surface area contributed by atoms with E-state index in [9.17, 15) is 8.42 Å². The molecule has 0 aliphatic heterocycles. The first-order valence-electron chi connectivity index (χ1n) is 5.63. The largest absolute Gasteiger partial charge is 0.399 e. The Labute approximate surface area is 131 Å². The highest BCUT2D eigenvalue weighted by molar-refractivity contribution is 9.10. The lowest BCUT2D eigenvalue weighted by Crippen LogP contribution is -2.14. The Balaban J connectivity index is 2.43. The first-order chi connectivity index (χ1) is 9.29. The van der Waals surface area contributed by atoms with Crippen LogP contribution in [0, 0.1) is 6.92 Å². The van der Waals surface area contributed by atoms with Crippen molar-refractivity contribution in [2.75, 3.05) is 10.5 Å². The molecule has 4 nitrogen and oxygen atoms in total. The first-order valence-corrected chi connectivity index (χ1v) is 8.29. The Morgan fingerprint density at radius 1 is 1.20 bits per heavy atom. The first kappa shape index (κ1) is 15.2. The maximum Gasteiger partial charge on any atom is 0.262 e. The van der Waals surface area contributed by atoms with Gasteiger partial charge in [-0.15, -0.1) is 0 Å². The van der Waals surface area contributed by atoms with Crippen molar-refractivity contribution in [2.45, 2.75) is 11.8 Å². The minimum atomic E-state index is -3.71. The van der Waals surface area contributed by atoms with Crippen molar-refractivity contribution < 1.29 is 8.42 Å². The second-order valence-corrected chi connectivity index (χ2v) is 7.23. The summed E-state index contributed by atoms with van der Waals surface area (Å²) in [5.74, 6) is 0. The van der Waals surface area contributed by atoms with E-state index in [0.29, 0.717) is 22.0 Å².